The van der Waals surface area contributed by atoms with Crippen LogP contribution in [0.2, 0.25) is 0 Å². The Balaban J connectivity index is 1.42. The molecular formula is C30H34F3N3O6. The smallest absolute Gasteiger partial charge is 0.379 e. The zero-order chi connectivity index (χ0) is 30.0. The topological polar surface area (TPSA) is 102 Å². The summed E-state index contributed by atoms with van der Waals surface area (Å²) in [5, 5.41) is 10.8. The predicted octanol–water partition coefficient (Wildman–Crippen LogP) is 4.10. The van der Waals surface area contributed by atoms with E-state index in [0.717, 1.165) is 17.7 Å². The fourth-order valence-electron chi connectivity index (χ4n) is 5.57. The lowest BCUT2D eigenvalue weighted by Gasteiger charge is -2.44. The van der Waals surface area contributed by atoms with Crippen LogP contribution in [-0.2, 0) is 47.9 Å². The lowest BCUT2D eigenvalue weighted by Crippen LogP contribution is -2.63. The number of benzene rings is 2. The minimum Gasteiger partial charge on any atom is -0.379 e. The van der Waals surface area contributed by atoms with Crippen molar-refractivity contribution in [2.75, 3.05) is 26.3 Å². The summed E-state index contributed by atoms with van der Waals surface area (Å²) in [7, 11) is 0. The highest BCUT2D eigenvalue weighted by atomic mass is 19.4. The summed E-state index contributed by atoms with van der Waals surface area (Å²) in [6.07, 6.45) is -6.02. The van der Waals surface area contributed by atoms with E-state index in [1.807, 2.05) is 0 Å². The molecule has 5 rings (SSSR count). The predicted molar refractivity (Wildman–Crippen MR) is 142 cm³/mol. The number of hydrazine groups is 1. The van der Waals surface area contributed by atoms with Crippen molar-refractivity contribution >= 4 is 5.91 Å². The highest BCUT2D eigenvalue weighted by Gasteiger charge is 2.58. The Morgan fingerprint density at radius 3 is 2.50 bits per heavy atom. The second kappa shape index (κ2) is 12.3. The van der Waals surface area contributed by atoms with Crippen LogP contribution < -0.4 is 5.43 Å². The van der Waals surface area contributed by atoms with Crippen LogP contribution in [0.5, 0.6) is 0 Å². The Hall–Kier alpha value is -3.05. The molecule has 0 bridgehead atoms. The first-order chi connectivity index (χ1) is 20.0. The summed E-state index contributed by atoms with van der Waals surface area (Å²) in [6.45, 7) is 5.36. The summed E-state index contributed by atoms with van der Waals surface area (Å²) >= 11 is 0. The van der Waals surface area contributed by atoms with Gasteiger partial charge in [0, 0.05) is 25.9 Å². The zero-order valence-electron chi connectivity index (χ0n) is 23.5. The molecule has 0 aromatic heterocycles. The molecule has 3 aliphatic rings. The van der Waals surface area contributed by atoms with Gasteiger partial charge in [0.05, 0.1) is 55.8 Å². The van der Waals surface area contributed by atoms with Gasteiger partial charge in [-0.15, -0.1) is 0 Å². The second-order valence-electron chi connectivity index (χ2n) is 11.2. The average molecular weight is 590 g/mol. The van der Waals surface area contributed by atoms with Crippen LogP contribution in [0.15, 0.2) is 48.5 Å². The number of nitrogens with zero attached hydrogens (tertiary/aromatic N) is 2. The van der Waals surface area contributed by atoms with E-state index in [1.165, 1.54) is 12.1 Å². The number of hydrogen-bond acceptors (Lipinski definition) is 8. The third-order valence-corrected chi connectivity index (χ3v) is 7.65. The van der Waals surface area contributed by atoms with Crippen molar-refractivity contribution in [2.45, 2.75) is 75.8 Å². The van der Waals surface area contributed by atoms with Crippen molar-refractivity contribution in [3.05, 3.63) is 70.8 Å². The van der Waals surface area contributed by atoms with Gasteiger partial charge in [-0.25, -0.2) is 5.01 Å². The van der Waals surface area contributed by atoms with Crippen LogP contribution in [0.4, 0.5) is 13.2 Å². The van der Waals surface area contributed by atoms with Gasteiger partial charge in [-0.05, 0) is 49.2 Å². The van der Waals surface area contributed by atoms with Crippen LogP contribution in [-0.4, -0.2) is 66.9 Å². The van der Waals surface area contributed by atoms with Gasteiger partial charge in [-0.2, -0.15) is 18.4 Å². The number of nitrogens with one attached hydrogen (secondary N) is 1. The van der Waals surface area contributed by atoms with Gasteiger partial charge in [0.2, 0.25) is 0 Å². The first-order valence-electron chi connectivity index (χ1n) is 13.9. The van der Waals surface area contributed by atoms with Crippen LogP contribution >= 0.6 is 0 Å². The van der Waals surface area contributed by atoms with E-state index >= 15 is 0 Å². The number of ether oxygens (including phenoxy) is 5. The van der Waals surface area contributed by atoms with Crippen LogP contribution in [0.25, 0.3) is 0 Å². The van der Waals surface area contributed by atoms with E-state index in [9.17, 15) is 18.0 Å². The molecule has 1 aliphatic carbocycles. The molecule has 2 aromatic rings. The number of morpholine rings is 1. The van der Waals surface area contributed by atoms with Crippen LogP contribution in [0.3, 0.4) is 0 Å². The minimum atomic E-state index is -4.51. The van der Waals surface area contributed by atoms with Gasteiger partial charge in [0.1, 0.15) is 6.10 Å². The Morgan fingerprint density at radius 2 is 1.81 bits per heavy atom. The number of nitriles is 1. The van der Waals surface area contributed by atoms with Gasteiger partial charge in [0.15, 0.2) is 11.4 Å². The third kappa shape index (κ3) is 7.11. The number of halogens is 3. The summed E-state index contributed by atoms with van der Waals surface area (Å²) in [5.41, 5.74) is 2.27. The molecule has 1 amide bonds. The molecule has 9 nitrogen and oxygen atoms in total. The molecular weight excluding hydrogens is 555 g/mol. The Labute approximate surface area is 242 Å². The molecule has 0 spiro atoms. The number of alkyl halides is 3. The zero-order valence-corrected chi connectivity index (χ0v) is 23.5. The number of amides is 1. The summed E-state index contributed by atoms with van der Waals surface area (Å²) in [6, 6.07) is 13.9. The molecule has 226 valence electrons. The fourth-order valence-corrected chi connectivity index (χ4v) is 5.57. The number of fused-ring (bicyclic) bond motifs is 1. The molecule has 2 heterocycles. The number of hydrogen-bond donors (Lipinski definition) is 1. The molecule has 1 saturated carbocycles. The average Bonchev–Trinajstić information content (AvgIpc) is 3.29. The molecule has 2 aromatic carbocycles. The van der Waals surface area contributed by atoms with Gasteiger partial charge in [0.25, 0.3) is 5.91 Å². The van der Waals surface area contributed by atoms with Crippen molar-refractivity contribution in [3.8, 4) is 6.07 Å². The Kier molecular flexibility index (Phi) is 8.89. The highest BCUT2D eigenvalue weighted by molar-refractivity contribution is 5.85. The van der Waals surface area contributed by atoms with Crippen LogP contribution in [0, 0.1) is 11.3 Å². The Bertz CT molecular complexity index is 1290. The quantitative estimate of drug-likeness (QED) is 0.492. The summed E-state index contributed by atoms with van der Waals surface area (Å²) in [5.74, 6) is -1.38. The van der Waals surface area contributed by atoms with E-state index in [0.29, 0.717) is 31.9 Å². The van der Waals surface area contributed by atoms with E-state index in [1.54, 1.807) is 43.1 Å². The largest absolute Gasteiger partial charge is 0.416 e. The van der Waals surface area contributed by atoms with E-state index in [2.05, 4.69) is 11.5 Å². The van der Waals surface area contributed by atoms with Crippen molar-refractivity contribution in [3.63, 3.8) is 0 Å². The minimum absolute atomic E-state index is 0.0824. The van der Waals surface area contributed by atoms with Crippen LogP contribution in [0.1, 0.15) is 48.9 Å². The molecule has 4 atom stereocenters. The van der Waals surface area contributed by atoms with Crippen molar-refractivity contribution in [1.29, 1.82) is 5.26 Å². The standard InChI is InChI=1S/C30H34F3N3O6/c1-28(2)41-25-16-29(27(37)35-36-10-12-38-13-11-36,40-19-22-4-3-5-23(14-22)30(31,32)33)15-24(26(25)42-28)39-18-21-8-6-20(17-34)7-9-21/h3-9,14,24-26H,10-13,15-16,18-19H2,1-2H3,(H,35,37)/t24-,25+,26-,29+/m0/s1. The van der Waals surface area contributed by atoms with Gasteiger partial charge < -0.3 is 23.7 Å². The maximum Gasteiger partial charge on any atom is 0.416 e. The maximum atomic E-state index is 14.0. The van der Waals surface area contributed by atoms with E-state index in [4.69, 9.17) is 28.9 Å². The first kappa shape index (κ1) is 30.4. The lowest BCUT2D eigenvalue weighted by atomic mass is 9.78. The second-order valence-corrected chi connectivity index (χ2v) is 11.2. The molecule has 42 heavy (non-hydrogen) atoms. The number of rotatable bonds is 8. The normalized spacial score (nSPS) is 27.7. The summed E-state index contributed by atoms with van der Waals surface area (Å²) in [4.78, 5) is 14.0. The van der Waals surface area contributed by atoms with E-state index in [-0.39, 0.29) is 31.6 Å². The monoisotopic (exact) mass is 589 g/mol. The molecule has 2 saturated heterocycles. The molecule has 0 unspecified atom stereocenters. The van der Waals surface area contributed by atoms with Crippen molar-refractivity contribution < 1.29 is 41.7 Å². The van der Waals surface area contributed by atoms with Gasteiger partial charge in [-0.3, -0.25) is 10.2 Å². The third-order valence-electron chi connectivity index (χ3n) is 7.65. The molecule has 0 radical (unpaired) electrons. The molecule has 12 heteroatoms. The number of carbonyl (C=O) groups is 1. The molecule has 1 N–H and O–H groups in total. The number of carbonyl (C=O) groups excluding carboxylic acids is 1. The molecule has 3 fully saturated rings. The SMILES string of the molecule is CC1(C)O[C@H]2[C@@H](OCc3ccc(C#N)cc3)C[C@](OCc3cccc(C(F)(F)F)c3)(C(=O)NN3CCOCC3)C[C@H]2O1. The maximum absolute atomic E-state index is 14.0. The lowest BCUT2D eigenvalue weighted by molar-refractivity contribution is -0.187. The first-order valence-corrected chi connectivity index (χ1v) is 13.9. The van der Waals surface area contributed by atoms with Gasteiger partial charge in [-0.1, -0.05) is 24.3 Å². The fraction of sp³-hybridized carbons (Fsp3) is 0.533. The molecule has 2 aliphatic heterocycles. The van der Waals surface area contributed by atoms with Gasteiger partial charge >= 0.3 is 6.18 Å². The van der Waals surface area contributed by atoms with Crippen molar-refractivity contribution in [1.82, 2.24) is 10.4 Å². The summed E-state index contributed by atoms with van der Waals surface area (Å²) < 4.78 is 70.6. The highest BCUT2D eigenvalue weighted by Crippen LogP contribution is 2.44. The van der Waals surface area contributed by atoms with Crippen molar-refractivity contribution in [2.24, 2.45) is 0 Å². The van der Waals surface area contributed by atoms with E-state index < -0.39 is 47.3 Å². The Morgan fingerprint density at radius 1 is 1.07 bits per heavy atom.